The lowest BCUT2D eigenvalue weighted by molar-refractivity contribution is -0.122. The molecule has 3 nitrogen and oxygen atoms in total. The van der Waals surface area contributed by atoms with Gasteiger partial charge in [-0.2, -0.15) is 0 Å². The van der Waals surface area contributed by atoms with Crippen molar-refractivity contribution in [2.24, 2.45) is 17.6 Å². The second kappa shape index (κ2) is 7.08. The Bertz CT molecular complexity index is 463. The molecule has 1 fully saturated rings. The Balaban J connectivity index is 1.84. The number of benzene rings is 1. The summed E-state index contributed by atoms with van der Waals surface area (Å²) in [7, 11) is 0. The summed E-state index contributed by atoms with van der Waals surface area (Å²) in [5, 5.41) is 3.05. The maximum atomic E-state index is 12.0. The van der Waals surface area contributed by atoms with Gasteiger partial charge in [-0.1, -0.05) is 38.1 Å². The summed E-state index contributed by atoms with van der Waals surface area (Å²) in [6, 6.07) is 8.62. The Kier molecular flexibility index (Phi) is 5.40. The van der Waals surface area contributed by atoms with Crippen molar-refractivity contribution in [3.63, 3.8) is 0 Å². The van der Waals surface area contributed by atoms with E-state index in [9.17, 15) is 4.79 Å². The molecular formula is C18H28N2O. The zero-order valence-electron chi connectivity index (χ0n) is 13.4. The van der Waals surface area contributed by atoms with Gasteiger partial charge in [-0.25, -0.2) is 0 Å². The molecule has 1 aliphatic rings. The van der Waals surface area contributed by atoms with Gasteiger partial charge in [0.1, 0.15) is 0 Å². The van der Waals surface area contributed by atoms with Crippen LogP contribution in [0, 0.1) is 11.8 Å². The monoisotopic (exact) mass is 288 g/mol. The predicted octanol–water partition coefficient (Wildman–Crippen LogP) is 3.19. The minimum absolute atomic E-state index is 0.0330. The van der Waals surface area contributed by atoms with Crippen LogP contribution in [0.1, 0.15) is 57.2 Å². The van der Waals surface area contributed by atoms with Crippen LogP contribution >= 0.6 is 0 Å². The molecule has 2 atom stereocenters. The molecule has 1 saturated carbocycles. The summed E-state index contributed by atoms with van der Waals surface area (Å²) in [4.78, 5) is 12.0. The molecule has 1 aliphatic carbocycles. The molecule has 3 heteroatoms. The third kappa shape index (κ3) is 5.16. The highest BCUT2D eigenvalue weighted by molar-refractivity contribution is 5.77. The standard InChI is InChI=1S/C18H28N2O/c1-12(2)10-14-4-6-15(7-5-14)13(3)20-18(21)11-17(19)16-8-9-16/h4-7,12-13,16-17H,8-11,19H2,1-3H3,(H,20,21). The largest absolute Gasteiger partial charge is 0.350 e. The molecule has 3 N–H and O–H groups in total. The summed E-state index contributed by atoms with van der Waals surface area (Å²) >= 11 is 0. The number of nitrogens with one attached hydrogen (secondary N) is 1. The van der Waals surface area contributed by atoms with E-state index in [1.165, 1.54) is 18.4 Å². The average molecular weight is 288 g/mol. The number of rotatable bonds is 7. The summed E-state index contributed by atoms with van der Waals surface area (Å²) in [5.41, 5.74) is 8.50. The smallest absolute Gasteiger partial charge is 0.222 e. The van der Waals surface area contributed by atoms with E-state index < -0.39 is 0 Å². The van der Waals surface area contributed by atoms with Crippen molar-refractivity contribution in [3.05, 3.63) is 35.4 Å². The number of hydrogen-bond donors (Lipinski definition) is 2. The van der Waals surface area contributed by atoms with E-state index in [-0.39, 0.29) is 18.0 Å². The van der Waals surface area contributed by atoms with Gasteiger partial charge in [-0.15, -0.1) is 0 Å². The number of carbonyl (C=O) groups is 1. The molecule has 116 valence electrons. The molecule has 1 aromatic carbocycles. The van der Waals surface area contributed by atoms with Gasteiger partial charge in [0.2, 0.25) is 5.91 Å². The molecule has 0 aromatic heterocycles. The van der Waals surface area contributed by atoms with Crippen LogP contribution in [0.25, 0.3) is 0 Å². The average Bonchev–Trinajstić information content (AvgIpc) is 3.22. The van der Waals surface area contributed by atoms with Crippen molar-refractivity contribution >= 4 is 5.91 Å². The molecule has 0 spiro atoms. The molecule has 1 aromatic rings. The van der Waals surface area contributed by atoms with E-state index in [4.69, 9.17) is 5.73 Å². The van der Waals surface area contributed by atoms with Gasteiger partial charge >= 0.3 is 0 Å². The van der Waals surface area contributed by atoms with Crippen LogP contribution in [-0.4, -0.2) is 11.9 Å². The Hall–Kier alpha value is -1.35. The molecule has 0 heterocycles. The Morgan fingerprint density at radius 3 is 2.38 bits per heavy atom. The summed E-state index contributed by atoms with van der Waals surface area (Å²) in [5.74, 6) is 1.30. The Morgan fingerprint density at radius 2 is 1.86 bits per heavy atom. The summed E-state index contributed by atoms with van der Waals surface area (Å²) < 4.78 is 0. The fourth-order valence-electron chi connectivity index (χ4n) is 2.70. The van der Waals surface area contributed by atoms with Crippen molar-refractivity contribution in [1.82, 2.24) is 5.32 Å². The SMILES string of the molecule is CC(C)Cc1ccc(C(C)NC(=O)CC(N)C2CC2)cc1. The first-order chi connectivity index (χ1) is 9.95. The molecule has 0 saturated heterocycles. The van der Waals surface area contributed by atoms with Gasteiger partial charge in [0.25, 0.3) is 0 Å². The second-order valence-electron chi connectivity index (χ2n) is 6.83. The highest BCUT2D eigenvalue weighted by Crippen LogP contribution is 2.32. The van der Waals surface area contributed by atoms with Gasteiger partial charge in [-0.05, 0) is 49.1 Å². The Morgan fingerprint density at radius 1 is 1.24 bits per heavy atom. The van der Waals surface area contributed by atoms with E-state index in [1.807, 2.05) is 6.92 Å². The molecule has 0 radical (unpaired) electrons. The van der Waals surface area contributed by atoms with Crippen molar-refractivity contribution in [3.8, 4) is 0 Å². The van der Waals surface area contributed by atoms with E-state index in [2.05, 4.69) is 43.4 Å². The molecule has 0 bridgehead atoms. The van der Waals surface area contributed by atoms with Crippen LogP contribution in [0.5, 0.6) is 0 Å². The molecule has 1 amide bonds. The molecule has 2 unspecified atom stereocenters. The molecular weight excluding hydrogens is 260 g/mol. The zero-order valence-corrected chi connectivity index (χ0v) is 13.4. The first-order valence-corrected chi connectivity index (χ1v) is 8.09. The number of amides is 1. The fourth-order valence-corrected chi connectivity index (χ4v) is 2.70. The number of nitrogens with two attached hydrogens (primary N) is 1. The van der Waals surface area contributed by atoms with Crippen molar-refractivity contribution in [1.29, 1.82) is 0 Å². The predicted molar refractivity (Wildman–Crippen MR) is 86.9 cm³/mol. The van der Waals surface area contributed by atoms with Gasteiger partial charge in [-0.3, -0.25) is 4.79 Å². The first kappa shape index (κ1) is 16.0. The van der Waals surface area contributed by atoms with Crippen LogP contribution in [0.3, 0.4) is 0 Å². The van der Waals surface area contributed by atoms with Crippen molar-refractivity contribution in [2.75, 3.05) is 0 Å². The van der Waals surface area contributed by atoms with Crippen molar-refractivity contribution in [2.45, 2.75) is 58.5 Å². The van der Waals surface area contributed by atoms with Crippen LogP contribution in [0.4, 0.5) is 0 Å². The maximum absolute atomic E-state index is 12.0. The summed E-state index contributed by atoms with van der Waals surface area (Å²) in [6.07, 6.45) is 3.90. The van der Waals surface area contributed by atoms with E-state index in [0.717, 1.165) is 12.0 Å². The quantitative estimate of drug-likeness (QED) is 0.809. The van der Waals surface area contributed by atoms with Gasteiger partial charge < -0.3 is 11.1 Å². The second-order valence-corrected chi connectivity index (χ2v) is 6.83. The van der Waals surface area contributed by atoms with Gasteiger partial charge in [0.05, 0.1) is 6.04 Å². The third-order valence-corrected chi connectivity index (χ3v) is 4.15. The fraction of sp³-hybridized carbons (Fsp3) is 0.611. The molecule has 0 aliphatic heterocycles. The highest BCUT2D eigenvalue weighted by Gasteiger charge is 2.30. The van der Waals surface area contributed by atoms with Gasteiger partial charge in [0.15, 0.2) is 0 Å². The first-order valence-electron chi connectivity index (χ1n) is 8.09. The number of carbonyl (C=O) groups excluding carboxylic acids is 1. The molecule has 21 heavy (non-hydrogen) atoms. The minimum atomic E-state index is 0.0330. The minimum Gasteiger partial charge on any atom is -0.350 e. The normalized spacial score (nSPS) is 17.6. The van der Waals surface area contributed by atoms with Gasteiger partial charge in [0, 0.05) is 12.5 Å². The van der Waals surface area contributed by atoms with E-state index >= 15 is 0 Å². The maximum Gasteiger partial charge on any atom is 0.222 e. The zero-order chi connectivity index (χ0) is 15.4. The topological polar surface area (TPSA) is 55.1 Å². The van der Waals surface area contributed by atoms with Crippen LogP contribution < -0.4 is 11.1 Å². The van der Waals surface area contributed by atoms with Crippen molar-refractivity contribution < 1.29 is 4.79 Å². The van der Waals surface area contributed by atoms with E-state index in [0.29, 0.717) is 18.3 Å². The number of hydrogen-bond acceptors (Lipinski definition) is 2. The van der Waals surface area contributed by atoms with Crippen LogP contribution in [-0.2, 0) is 11.2 Å². The van der Waals surface area contributed by atoms with Crippen LogP contribution in [0.2, 0.25) is 0 Å². The lowest BCUT2D eigenvalue weighted by Gasteiger charge is -2.17. The third-order valence-electron chi connectivity index (χ3n) is 4.15. The Labute approximate surface area is 128 Å². The summed E-state index contributed by atoms with van der Waals surface area (Å²) in [6.45, 7) is 6.47. The lowest BCUT2D eigenvalue weighted by Crippen LogP contribution is -2.34. The highest BCUT2D eigenvalue weighted by atomic mass is 16.1. The lowest BCUT2D eigenvalue weighted by atomic mass is 10.00. The molecule has 2 rings (SSSR count). The van der Waals surface area contributed by atoms with Crippen LogP contribution in [0.15, 0.2) is 24.3 Å². The van der Waals surface area contributed by atoms with E-state index in [1.54, 1.807) is 0 Å².